The summed E-state index contributed by atoms with van der Waals surface area (Å²) in [4.78, 5) is 24.9. The van der Waals surface area contributed by atoms with Crippen LogP contribution in [0.5, 0.6) is 0 Å². The standard InChI is InChI=1S/C26H30N6O/c1-27-20-6-4-12-31(16-20)26(33)19-9-10-22-21(13-19)29-25(30(22)2)23-14-18-5-3-11-28-24(18)32(23)15-17-7-8-17/h3,5,9-11,13-14,17,20,27H,4,6-8,12,15-16H2,1-2H3. The van der Waals surface area contributed by atoms with Crippen LogP contribution in [0.2, 0.25) is 0 Å². The van der Waals surface area contributed by atoms with Gasteiger partial charge in [-0.3, -0.25) is 4.79 Å². The molecule has 170 valence electrons. The van der Waals surface area contributed by atoms with E-state index in [-0.39, 0.29) is 5.91 Å². The number of pyridine rings is 1. The summed E-state index contributed by atoms with van der Waals surface area (Å²) in [5, 5.41) is 4.45. The Morgan fingerprint density at radius 2 is 2.06 bits per heavy atom. The second-order valence-electron chi connectivity index (χ2n) is 9.58. The topological polar surface area (TPSA) is 68.0 Å². The fourth-order valence-electron chi connectivity index (χ4n) is 5.16. The Morgan fingerprint density at radius 3 is 2.88 bits per heavy atom. The second-order valence-corrected chi connectivity index (χ2v) is 9.58. The molecule has 1 aliphatic carbocycles. The minimum Gasteiger partial charge on any atom is -0.337 e. The summed E-state index contributed by atoms with van der Waals surface area (Å²) < 4.78 is 4.46. The molecule has 0 bridgehead atoms. The molecule has 1 aromatic carbocycles. The summed E-state index contributed by atoms with van der Waals surface area (Å²) >= 11 is 0. The van der Waals surface area contributed by atoms with Crippen LogP contribution in [0.1, 0.15) is 36.0 Å². The number of hydrogen-bond donors (Lipinski definition) is 1. The van der Waals surface area contributed by atoms with E-state index >= 15 is 0 Å². The number of nitrogens with zero attached hydrogens (tertiary/aromatic N) is 5. The lowest BCUT2D eigenvalue weighted by atomic mass is 10.0. The number of benzene rings is 1. The van der Waals surface area contributed by atoms with E-state index in [4.69, 9.17) is 4.98 Å². The molecule has 6 rings (SSSR count). The number of nitrogens with one attached hydrogen (secondary N) is 1. The van der Waals surface area contributed by atoms with Crippen LogP contribution >= 0.6 is 0 Å². The Labute approximate surface area is 193 Å². The van der Waals surface area contributed by atoms with Crippen LogP contribution in [-0.2, 0) is 13.6 Å². The molecule has 1 atom stereocenters. The summed E-state index contributed by atoms with van der Waals surface area (Å²) in [5.74, 6) is 1.74. The molecule has 1 amide bonds. The van der Waals surface area contributed by atoms with E-state index in [2.05, 4.69) is 38.6 Å². The SMILES string of the molecule is CNC1CCCN(C(=O)c2ccc3c(c2)nc(-c2cc4cccnc4n2CC2CC2)n3C)C1. The maximum absolute atomic E-state index is 13.2. The van der Waals surface area contributed by atoms with Crippen molar-refractivity contribution < 1.29 is 4.79 Å². The summed E-state index contributed by atoms with van der Waals surface area (Å²) in [6.07, 6.45) is 6.58. The minimum atomic E-state index is 0.0936. The largest absolute Gasteiger partial charge is 0.337 e. The number of carbonyl (C=O) groups excluding carboxylic acids is 1. The average Bonchev–Trinajstić information content (AvgIpc) is 3.53. The lowest BCUT2D eigenvalue weighted by molar-refractivity contribution is 0.0698. The zero-order valence-electron chi connectivity index (χ0n) is 19.3. The molecule has 3 aromatic heterocycles. The second kappa shape index (κ2) is 7.99. The maximum atomic E-state index is 13.2. The number of hydrogen-bond acceptors (Lipinski definition) is 4. The fraction of sp³-hybridized carbons (Fsp3) is 0.423. The molecular weight excluding hydrogens is 412 g/mol. The van der Waals surface area contributed by atoms with Crippen molar-refractivity contribution in [2.75, 3.05) is 20.1 Å². The van der Waals surface area contributed by atoms with Crippen LogP contribution in [-0.4, -0.2) is 56.1 Å². The molecular formula is C26H30N6O. The van der Waals surface area contributed by atoms with Gasteiger partial charge in [-0.05, 0) is 75.0 Å². The van der Waals surface area contributed by atoms with E-state index in [0.717, 1.165) is 72.0 Å². The molecule has 7 nitrogen and oxygen atoms in total. The van der Waals surface area contributed by atoms with Crippen molar-refractivity contribution in [3.8, 4) is 11.5 Å². The number of piperidine rings is 1. The van der Waals surface area contributed by atoms with Gasteiger partial charge in [-0.15, -0.1) is 0 Å². The third kappa shape index (κ3) is 3.60. The smallest absolute Gasteiger partial charge is 0.253 e. The number of carbonyl (C=O) groups is 1. The highest BCUT2D eigenvalue weighted by Gasteiger charge is 2.27. The summed E-state index contributed by atoms with van der Waals surface area (Å²) in [6, 6.07) is 12.6. The van der Waals surface area contributed by atoms with E-state index in [0.29, 0.717) is 11.6 Å². The average molecular weight is 443 g/mol. The Balaban J connectivity index is 1.39. The molecule has 1 unspecified atom stereocenters. The van der Waals surface area contributed by atoms with Crippen molar-refractivity contribution >= 4 is 28.0 Å². The van der Waals surface area contributed by atoms with Crippen molar-refractivity contribution in [2.45, 2.75) is 38.3 Å². The zero-order valence-corrected chi connectivity index (χ0v) is 19.3. The number of rotatable bonds is 5. The molecule has 1 saturated carbocycles. The molecule has 1 N–H and O–H groups in total. The molecule has 1 saturated heterocycles. The van der Waals surface area contributed by atoms with Crippen molar-refractivity contribution in [1.29, 1.82) is 0 Å². The Morgan fingerprint density at radius 1 is 1.18 bits per heavy atom. The number of fused-ring (bicyclic) bond motifs is 2. The van der Waals surface area contributed by atoms with E-state index in [1.165, 1.54) is 12.8 Å². The molecule has 2 fully saturated rings. The van der Waals surface area contributed by atoms with Gasteiger partial charge in [0.05, 0.1) is 16.7 Å². The molecule has 4 heterocycles. The number of likely N-dealkylation sites (N-methyl/N-ethyl adjacent to an activating group) is 1. The van der Waals surface area contributed by atoms with Gasteiger partial charge in [-0.1, -0.05) is 0 Å². The lowest BCUT2D eigenvalue weighted by Gasteiger charge is -2.32. The third-order valence-corrected chi connectivity index (χ3v) is 7.27. The molecule has 0 radical (unpaired) electrons. The monoisotopic (exact) mass is 442 g/mol. The Hall–Kier alpha value is -3.19. The number of imidazole rings is 1. The van der Waals surface area contributed by atoms with Crippen molar-refractivity contribution in [1.82, 2.24) is 29.3 Å². The molecule has 1 aliphatic heterocycles. The number of aromatic nitrogens is 4. The van der Waals surface area contributed by atoms with Gasteiger partial charge in [0.1, 0.15) is 5.65 Å². The Bertz CT molecular complexity index is 1350. The minimum absolute atomic E-state index is 0.0936. The van der Waals surface area contributed by atoms with Gasteiger partial charge >= 0.3 is 0 Å². The van der Waals surface area contributed by atoms with Crippen molar-refractivity contribution in [3.05, 3.63) is 48.2 Å². The van der Waals surface area contributed by atoms with Gasteiger partial charge < -0.3 is 19.4 Å². The molecule has 33 heavy (non-hydrogen) atoms. The van der Waals surface area contributed by atoms with Gasteiger partial charge in [0.15, 0.2) is 5.82 Å². The first-order valence-corrected chi connectivity index (χ1v) is 12.0. The Kier molecular flexibility index (Phi) is 4.94. The van der Waals surface area contributed by atoms with E-state index in [1.54, 1.807) is 0 Å². The van der Waals surface area contributed by atoms with Crippen molar-refractivity contribution in [3.63, 3.8) is 0 Å². The summed E-state index contributed by atoms with van der Waals surface area (Å²) in [7, 11) is 4.03. The molecule has 7 heteroatoms. The van der Waals surface area contributed by atoms with Crippen LogP contribution in [0.15, 0.2) is 42.6 Å². The zero-order chi connectivity index (χ0) is 22.5. The van der Waals surface area contributed by atoms with Crippen LogP contribution in [0.3, 0.4) is 0 Å². The van der Waals surface area contributed by atoms with Crippen molar-refractivity contribution in [2.24, 2.45) is 13.0 Å². The maximum Gasteiger partial charge on any atom is 0.253 e. The predicted octanol–water partition coefficient (Wildman–Crippen LogP) is 3.82. The summed E-state index contributed by atoms with van der Waals surface area (Å²) in [6.45, 7) is 2.55. The highest BCUT2D eigenvalue weighted by Crippen LogP contribution is 2.36. The highest BCUT2D eigenvalue weighted by atomic mass is 16.2. The molecule has 4 aromatic rings. The van der Waals surface area contributed by atoms with Gasteiger partial charge in [0.25, 0.3) is 5.91 Å². The van der Waals surface area contributed by atoms with Crippen LogP contribution < -0.4 is 5.32 Å². The number of aryl methyl sites for hydroxylation is 1. The van der Waals surface area contributed by atoms with Crippen LogP contribution in [0.4, 0.5) is 0 Å². The normalized spacial score (nSPS) is 19.0. The van der Waals surface area contributed by atoms with E-state index in [9.17, 15) is 4.79 Å². The van der Waals surface area contributed by atoms with E-state index in [1.807, 2.05) is 42.4 Å². The van der Waals surface area contributed by atoms with Crippen LogP contribution in [0, 0.1) is 5.92 Å². The first-order valence-electron chi connectivity index (χ1n) is 12.0. The molecule has 2 aliphatic rings. The highest BCUT2D eigenvalue weighted by molar-refractivity contribution is 5.98. The quantitative estimate of drug-likeness (QED) is 0.510. The van der Waals surface area contributed by atoms with Gasteiger partial charge in [0, 0.05) is 49.9 Å². The number of amides is 1. The van der Waals surface area contributed by atoms with Gasteiger partial charge in [0.2, 0.25) is 0 Å². The lowest BCUT2D eigenvalue weighted by Crippen LogP contribution is -2.46. The van der Waals surface area contributed by atoms with Gasteiger partial charge in [-0.25, -0.2) is 9.97 Å². The first-order chi connectivity index (χ1) is 16.1. The van der Waals surface area contributed by atoms with Gasteiger partial charge in [-0.2, -0.15) is 0 Å². The predicted molar refractivity (Wildman–Crippen MR) is 130 cm³/mol. The summed E-state index contributed by atoms with van der Waals surface area (Å²) in [5.41, 5.74) is 4.71. The first kappa shape index (κ1) is 20.4. The fourth-order valence-corrected chi connectivity index (χ4v) is 5.16. The van der Waals surface area contributed by atoms with E-state index < -0.39 is 0 Å². The van der Waals surface area contributed by atoms with Crippen LogP contribution in [0.25, 0.3) is 33.6 Å². The molecule has 0 spiro atoms. The third-order valence-electron chi connectivity index (χ3n) is 7.27. The number of likely N-dealkylation sites (tertiary alicyclic amines) is 1.